The molecule has 1 fully saturated rings. The summed E-state index contributed by atoms with van der Waals surface area (Å²) in [5.74, 6) is -0.667. The highest BCUT2D eigenvalue weighted by molar-refractivity contribution is 7.21. The molecule has 37 heavy (non-hydrogen) atoms. The van der Waals surface area contributed by atoms with Gasteiger partial charge in [0.2, 0.25) is 0 Å². The van der Waals surface area contributed by atoms with Gasteiger partial charge in [0.1, 0.15) is 21.2 Å². The molecule has 0 bridgehead atoms. The summed E-state index contributed by atoms with van der Waals surface area (Å²) < 4.78 is 35.0. The highest BCUT2D eigenvalue weighted by Gasteiger charge is 2.27. The fraction of sp³-hybridized carbons (Fsp3) is 0.360. The number of fused-ring (bicyclic) bond motifs is 1. The number of rotatable bonds is 8. The molecule has 0 aromatic carbocycles. The smallest absolute Gasteiger partial charge is 0.291 e. The number of halogens is 2. The Labute approximate surface area is 215 Å². The Morgan fingerprint density at radius 1 is 1.24 bits per heavy atom. The van der Waals surface area contributed by atoms with Crippen LogP contribution in [-0.4, -0.2) is 44.6 Å². The minimum absolute atomic E-state index is 0.00731. The molecule has 0 aliphatic carbocycles. The van der Waals surface area contributed by atoms with E-state index in [0.717, 1.165) is 43.0 Å². The third kappa shape index (κ3) is 4.74. The molecular formula is C25H26F2N6O3S. The largest absolute Gasteiger partial charge is 0.455 e. The Bertz CT molecular complexity index is 1490. The van der Waals surface area contributed by atoms with E-state index in [-0.39, 0.29) is 21.2 Å². The molecule has 9 nitrogen and oxygen atoms in total. The Kier molecular flexibility index (Phi) is 6.78. The summed E-state index contributed by atoms with van der Waals surface area (Å²) in [7, 11) is 0. The first-order valence-electron chi connectivity index (χ1n) is 12.0. The minimum atomic E-state index is -2.83. The third-order valence-electron chi connectivity index (χ3n) is 6.52. The molecule has 0 spiro atoms. The van der Waals surface area contributed by atoms with Crippen molar-refractivity contribution in [1.82, 2.24) is 19.7 Å². The molecule has 5 heterocycles. The second-order valence-corrected chi connectivity index (χ2v) is 9.91. The van der Waals surface area contributed by atoms with Crippen LogP contribution in [0.2, 0.25) is 0 Å². The van der Waals surface area contributed by atoms with Crippen molar-refractivity contribution in [3.63, 3.8) is 0 Å². The van der Waals surface area contributed by atoms with E-state index in [9.17, 15) is 18.4 Å². The number of thiophene rings is 1. The van der Waals surface area contributed by atoms with E-state index in [1.54, 1.807) is 23.0 Å². The van der Waals surface area contributed by atoms with Crippen LogP contribution < -0.4 is 11.1 Å². The molecule has 0 saturated carbocycles. The molecule has 0 atom stereocenters. The molecule has 0 unspecified atom stereocenters. The Morgan fingerprint density at radius 3 is 2.65 bits per heavy atom. The fourth-order valence-corrected chi connectivity index (χ4v) is 5.70. The quantitative estimate of drug-likeness (QED) is 0.333. The van der Waals surface area contributed by atoms with Gasteiger partial charge in [-0.3, -0.25) is 19.2 Å². The minimum Gasteiger partial charge on any atom is -0.455 e. The zero-order chi connectivity index (χ0) is 26.3. The highest BCUT2D eigenvalue weighted by atomic mass is 32.1. The van der Waals surface area contributed by atoms with Gasteiger partial charge in [-0.05, 0) is 63.5 Å². The summed E-state index contributed by atoms with van der Waals surface area (Å²) in [6.07, 6.45) is 1.01. The Balaban J connectivity index is 1.59. The molecule has 5 rings (SSSR count). The number of aryl methyl sites for hydroxylation is 1. The van der Waals surface area contributed by atoms with Gasteiger partial charge in [0.25, 0.3) is 18.2 Å². The average molecular weight is 529 g/mol. The Hall–Kier alpha value is -3.64. The second kappa shape index (κ2) is 10.0. The molecule has 194 valence electrons. The van der Waals surface area contributed by atoms with Gasteiger partial charge in [-0.15, -0.1) is 11.3 Å². The van der Waals surface area contributed by atoms with Gasteiger partial charge in [0.15, 0.2) is 5.76 Å². The number of amides is 2. The van der Waals surface area contributed by atoms with Gasteiger partial charge in [-0.1, -0.05) is 0 Å². The number of carbonyl (C=O) groups is 2. The molecule has 1 aliphatic heterocycles. The summed E-state index contributed by atoms with van der Waals surface area (Å²) in [4.78, 5) is 32.0. The normalized spacial score (nSPS) is 14.2. The summed E-state index contributed by atoms with van der Waals surface area (Å²) in [6, 6.07) is 4.59. The number of pyridine rings is 1. The van der Waals surface area contributed by atoms with Crippen LogP contribution in [0.25, 0.3) is 21.3 Å². The zero-order valence-electron chi connectivity index (χ0n) is 20.4. The van der Waals surface area contributed by atoms with E-state index in [1.165, 1.54) is 6.07 Å². The molecular weight excluding hydrogens is 502 g/mol. The predicted molar refractivity (Wildman–Crippen MR) is 136 cm³/mol. The van der Waals surface area contributed by atoms with E-state index >= 15 is 0 Å². The van der Waals surface area contributed by atoms with Crippen LogP contribution in [0.5, 0.6) is 0 Å². The van der Waals surface area contributed by atoms with Crippen molar-refractivity contribution >= 4 is 39.1 Å². The summed E-state index contributed by atoms with van der Waals surface area (Å²) in [6.45, 7) is 6.89. The van der Waals surface area contributed by atoms with E-state index < -0.39 is 23.9 Å². The topological polar surface area (TPSA) is 119 Å². The third-order valence-corrected chi connectivity index (χ3v) is 7.62. The van der Waals surface area contributed by atoms with Gasteiger partial charge >= 0.3 is 0 Å². The number of alkyl halides is 2. The molecule has 3 N–H and O–H groups in total. The first-order chi connectivity index (χ1) is 17.8. The average Bonchev–Trinajstić information content (AvgIpc) is 3.66. The van der Waals surface area contributed by atoms with Gasteiger partial charge in [-0.25, -0.2) is 13.8 Å². The van der Waals surface area contributed by atoms with E-state index in [1.807, 2.05) is 13.8 Å². The van der Waals surface area contributed by atoms with Crippen LogP contribution in [0.1, 0.15) is 63.6 Å². The first-order valence-corrected chi connectivity index (χ1v) is 12.8. The highest BCUT2D eigenvalue weighted by Crippen LogP contribution is 2.43. The maximum absolute atomic E-state index is 13.8. The van der Waals surface area contributed by atoms with Crippen LogP contribution in [-0.2, 0) is 13.1 Å². The van der Waals surface area contributed by atoms with Crippen LogP contribution in [0.4, 0.5) is 14.5 Å². The fourth-order valence-electron chi connectivity index (χ4n) is 4.69. The van der Waals surface area contributed by atoms with Crippen molar-refractivity contribution < 1.29 is 22.8 Å². The van der Waals surface area contributed by atoms with Crippen molar-refractivity contribution in [2.75, 3.05) is 18.4 Å². The van der Waals surface area contributed by atoms with Crippen LogP contribution in [0, 0.1) is 6.92 Å². The van der Waals surface area contributed by atoms with Crippen LogP contribution in [0.15, 0.2) is 28.8 Å². The number of furan rings is 1. The molecule has 1 saturated heterocycles. The number of hydrogen-bond donors (Lipinski definition) is 2. The summed E-state index contributed by atoms with van der Waals surface area (Å²) in [5, 5.41) is 7.42. The standard InChI is InChI=1S/C25H26F2N6O3S/c1-3-33-13(2)16(11-29-33)15-10-17(22(26)27)30-25-19(15)20(21(37-25)23(28)34)31-24(35)18-7-6-14(36-18)12-32-8-4-5-9-32/h6-7,10-11,22H,3-5,8-9,12H2,1-2H3,(H2,28,34)(H,31,35). The summed E-state index contributed by atoms with van der Waals surface area (Å²) in [5.41, 5.74) is 7.01. The number of aromatic nitrogens is 3. The maximum atomic E-state index is 13.8. The second-order valence-electron chi connectivity index (χ2n) is 8.91. The van der Waals surface area contributed by atoms with E-state index in [2.05, 4.69) is 20.3 Å². The maximum Gasteiger partial charge on any atom is 0.291 e. The van der Waals surface area contributed by atoms with Crippen LogP contribution in [0.3, 0.4) is 0 Å². The molecule has 0 radical (unpaired) electrons. The van der Waals surface area contributed by atoms with Gasteiger partial charge < -0.3 is 15.5 Å². The van der Waals surface area contributed by atoms with Crippen molar-refractivity contribution in [2.45, 2.75) is 46.2 Å². The van der Waals surface area contributed by atoms with Crippen molar-refractivity contribution in [2.24, 2.45) is 5.73 Å². The van der Waals surface area contributed by atoms with Gasteiger partial charge in [0.05, 0.1) is 18.4 Å². The van der Waals surface area contributed by atoms with Gasteiger partial charge in [0, 0.05) is 23.2 Å². The molecule has 4 aromatic rings. The van der Waals surface area contributed by atoms with Gasteiger partial charge in [-0.2, -0.15) is 5.10 Å². The lowest BCUT2D eigenvalue weighted by molar-refractivity contribution is 0.0993. The number of nitrogens with zero attached hydrogens (tertiary/aromatic N) is 4. The number of primary amides is 1. The van der Waals surface area contributed by atoms with E-state index in [0.29, 0.717) is 35.4 Å². The lowest BCUT2D eigenvalue weighted by Gasteiger charge is -2.12. The Morgan fingerprint density at radius 2 is 2.00 bits per heavy atom. The number of anilines is 1. The SMILES string of the molecule is CCn1ncc(-c2cc(C(F)F)nc3sc(C(N)=O)c(NC(=O)c4ccc(CN5CCCC5)o4)c23)c1C. The number of carbonyl (C=O) groups excluding carboxylic acids is 2. The lowest BCUT2D eigenvalue weighted by atomic mass is 10.0. The molecule has 12 heteroatoms. The van der Waals surface area contributed by atoms with Crippen LogP contribution >= 0.6 is 11.3 Å². The number of likely N-dealkylation sites (tertiary alicyclic amines) is 1. The van der Waals surface area contributed by atoms with E-state index in [4.69, 9.17) is 10.2 Å². The summed E-state index contributed by atoms with van der Waals surface area (Å²) >= 11 is 0.856. The monoisotopic (exact) mass is 528 g/mol. The predicted octanol–water partition coefficient (Wildman–Crippen LogP) is 4.97. The van der Waals surface area contributed by atoms with Crippen molar-refractivity contribution in [3.8, 4) is 11.1 Å². The first kappa shape index (κ1) is 25.0. The number of nitrogens with two attached hydrogens (primary N) is 1. The molecule has 4 aromatic heterocycles. The van der Waals surface area contributed by atoms with Crippen molar-refractivity contribution in [3.05, 3.63) is 52.2 Å². The lowest BCUT2D eigenvalue weighted by Crippen LogP contribution is -2.18. The zero-order valence-corrected chi connectivity index (χ0v) is 21.2. The van der Waals surface area contributed by atoms with Crippen molar-refractivity contribution in [1.29, 1.82) is 0 Å². The molecule has 1 aliphatic rings. The number of hydrogen-bond acceptors (Lipinski definition) is 7. The number of nitrogens with one attached hydrogen (secondary N) is 1. The molecule has 2 amide bonds.